The molecule has 5 heteroatoms. The summed E-state index contributed by atoms with van der Waals surface area (Å²) in [5.41, 5.74) is 0.862. The first-order valence-electron chi connectivity index (χ1n) is 5.57. The monoisotopic (exact) mass is 241 g/mol. The number of hydrogen-bond donors (Lipinski definition) is 1. The maximum absolute atomic E-state index is 5.75. The second-order valence-electron chi connectivity index (χ2n) is 4.11. The van der Waals surface area contributed by atoms with E-state index in [0.29, 0.717) is 6.61 Å². The molecule has 1 fully saturated rings. The van der Waals surface area contributed by atoms with Crippen molar-refractivity contribution in [1.29, 1.82) is 0 Å². The Hall–Kier alpha value is -0.870. The summed E-state index contributed by atoms with van der Waals surface area (Å²) in [7, 11) is 0. The molecule has 2 rings (SSSR count). The molecule has 0 aliphatic heterocycles. The quantitative estimate of drug-likeness (QED) is 0.613. The van der Waals surface area contributed by atoms with Crippen molar-refractivity contribution in [2.24, 2.45) is 5.92 Å². The number of halogens is 1. The van der Waals surface area contributed by atoms with Crippen LogP contribution in [0, 0.1) is 12.8 Å². The fourth-order valence-corrected chi connectivity index (χ4v) is 1.63. The van der Waals surface area contributed by atoms with Gasteiger partial charge in [-0.25, -0.2) is 9.97 Å². The van der Waals surface area contributed by atoms with E-state index in [2.05, 4.69) is 15.3 Å². The second-order valence-corrected chi connectivity index (χ2v) is 4.45. The molecule has 1 aromatic heterocycles. The lowest BCUT2D eigenvalue weighted by Gasteiger charge is -2.07. The van der Waals surface area contributed by atoms with Crippen LogP contribution in [-0.4, -0.2) is 29.7 Å². The summed E-state index contributed by atoms with van der Waals surface area (Å²) in [6, 6.07) is 1.87. The molecular weight excluding hydrogens is 226 g/mol. The van der Waals surface area contributed by atoms with Crippen LogP contribution in [0.3, 0.4) is 0 Å². The summed E-state index contributed by atoms with van der Waals surface area (Å²) in [4.78, 5) is 8.06. The minimum Gasteiger partial charge on any atom is -0.379 e. The van der Waals surface area contributed by atoms with Crippen LogP contribution in [0.25, 0.3) is 0 Å². The zero-order chi connectivity index (χ0) is 11.4. The molecule has 1 aliphatic rings. The number of rotatable bonds is 6. The van der Waals surface area contributed by atoms with Crippen LogP contribution in [0.15, 0.2) is 6.07 Å². The Bertz CT molecular complexity index is 335. The number of ether oxygens (including phenoxy) is 1. The van der Waals surface area contributed by atoms with E-state index >= 15 is 0 Å². The van der Waals surface area contributed by atoms with Gasteiger partial charge in [0.2, 0.25) is 5.28 Å². The van der Waals surface area contributed by atoms with Crippen molar-refractivity contribution >= 4 is 17.4 Å². The van der Waals surface area contributed by atoms with Gasteiger partial charge in [0.25, 0.3) is 0 Å². The Kier molecular flexibility index (Phi) is 3.96. The van der Waals surface area contributed by atoms with E-state index in [0.717, 1.165) is 30.6 Å². The number of nitrogens with one attached hydrogen (secondary N) is 1. The summed E-state index contributed by atoms with van der Waals surface area (Å²) in [5.74, 6) is 1.57. The summed E-state index contributed by atoms with van der Waals surface area (Å²) in [6.07, 6.45) is 2.66. The molecule has 1 aliphatic carbocycles. The van der Waals surface area contributed by atoms with Gasteiger partial charge < -0.3 is 10.1 Å². The van der Waals surface area contributed by atoms with Gasteiger partial charge in [-0.05, 0) is 37.3 Å². The predicted octanol–water partition coefficient (Wildman–Crippen LogP) is 2.28. The van der Waals surface area contributed by atoms with Gasteiger partial charge in [-0.15, -0.1) is 0 Å². The molecule has 0 saturated heterocycles. The summed E-state index contributed by atoms with van der Waals surface area (Å²) in [5, 5.41) is 3.44. The SMILES string of the molecule is Cc1cc(NCCOCC2CC2)nc(Cl)n1. The molecule has 16 heavy (non-hydrogen) atoms. The highest BCUT2D eigenvalue weighted by molar-refractivity contribution is 6.28. The fourth-order valence-electron chi connectivity index (χ4n) is 1.41. The van der Waals surface area contributed by atoms with Crippen LogP contribution >= 0.6 is 11.6 Å². The maximum atomic E-state index is 5.75. The standard InChI is InChI=1S/C11H16ClN3O/c1-8-6-10(15-11(12)14-8)13-4-5-16-7-9-2-3-9/h6,9H,2-5,7H2,1H3,(H,13,14,15). The third-order valence-electron chi connectivity index (χ3n) is 2.43. The molecule has 0 radical (unpaired) electrons. The number of aryl methyl sites for hydroxylation is 1. The van der Waals surface area contributed by atoms with Gasteiger partial charge in [0.1, 0.15) is 5.82 Å². The Morgan fingerprint density at radius 1 is 1.50 bits per heavy atom. The predicted molar refractivity (Wildman–Crippen MR) is 63.8 cm³/mol. The van der Waals surface area contributed by atoms with Crippen LogP contribution in [0.2, 0.25) is 5.28 Å². The highest BCUT2D eigenvalue weighted by atomic mass is 35.5. The van der Waals surface area contributed by atoms with Crippen LogP contribution in [0.1, 0.15) is 18.5 Å². The first kappa shape index (κ1) is 11.6. The lowest BCUT2D eigenvalue weighted by molar-refractivity contribution is 0.134. The molecule has 1 heterocycles. The third-order valence-corrected chi connectivity index (χ3v) is 2.60. The molecule has 1 N–H and O–H groups in total. The van der Waals surface area contributed by atoms with Crippen LogP contribution in [0.5, 0.6) is 0 Å². The highest BCUT2D eigenvalue weighted by Gasteiger charge is 2.20. The molecule has 0 spiro atoms. The molecular formula is C11H16ClN3O. The zero-order valence-electron chi connectivity index (χ0n) is 9.37. The van der Waals surface area contributed by atoms with Crippen molar-refractivity contribution < 1.29 is 4.74 Å². The number of nitrogens with zero attached hydrogens (tertiary/aromatic N) is 2. The van der Waals surface area contributed by atoms with Gasteiger partial charge in [0, 0.05) is 24.9 Å². The van der Waals surface area contributed by atoms with E-state index in [-0.39, 0.29) is 5.28 Å². The Balaban J connectivity index is 1.67. The van der Waals surface area contributed by atoms with E-state index < -0.39 is 0 Å². The minimum absolute atomic E-state index is 0.279. The third kappa shape index (κ3) is 3.94. The molecule has 0 atom stereocenters. The van der Waals surface area contributed by atoms with Crippen molar-refractivity contribution in [3.63, 3.8) is 0 Å². The van der Waals surface area contributed by atoms with Crippen LogP contribution in [-0.2, 0) is 4.74 Å². The summed E-state index contributed by atoms with van der Waals surface area (Å²) in [6.45, 7) is 4.24. The first-order chi connectivity index (χ1) is 7.74. The molecule has 88 valence electrons. The van der Waals surface area contributed by atoms with Crippen molar-refractivity contribution in [3.8, 4) is 0 Å². The van der Waals surface area contributed by atoms with Gasteiger partial charge in [-0.2, -0.15) is 0 Å². The van der Waals surface area contributed by atoms with Crippen molar-refractivity contribution in [2.45, 2.75) is 19.8 Å². The molecule has 4 nitrogen and oxygen atoms in total. The Labute approximate surface area is 100 Å². The normalized spacial score (nSPS) is 15.1. The lowest BCUT2D eigenvalue weighted by Crippen LogP contribution is -2.11. The van der Waals surface area contributed by atoms with E-state index in [9.17, 15) is 0 Å². The van der Waals surface area contributed by atoms with E-state index in [1.54, 1.807) is 0 Å². The Morgan fingerprint density at radius 2 is 2.31 bits per heavy atom. The second kappa shape index (κ2) is 5.46. The van der Waals surface area contributed by atoms with Gasteiger partial charge in [0.15, 0.2) is 0 Å². The molecule has 1 saturated carbocycles. The summed E-state index contributed by atoms with van der Waals surface area (Å²) < 4.78 is 5.50. The largest absolute Gasteiger partial charge is 0.379 e. The van der Waals surface area contributed by atoms with Crippen LogP contribution < -0.4 is 5.32 Å². The van der Waals surface area contributed by atoms with Crippen molar-refractivity contribution in [2.75, 3.05) is 25.1 Å². The Morgan fingerprint density at radius 3 is 3.00 bits per heavy atom. The van der Waals surface area contributed by atoms with Gasteiger partial charge in [0.05, 0.1) is 6.61 Å². The number of hydrogen-bond acceptors (Lipinski definition) is 4. The van der Waals surface area contributed by atoms with Crippen molar-refractivity contribution in [3.05, 3.63) is 17.0 Å². The van der Waals surface area contributed by atoms with E-state index in [1.165, 1.54) is 12.8 Å². The van der Waals surface area contributed by atoms with Crippen molar-refractivity contribution in [1.82, 2.24) is 9.97 Å². The van der Waals surface area contributed by atoms with E-state index in [4.69, 9.17) is 16.3 Å². The highest BCUT2D eigenvalue weighted by Crippen LogP contribution is 2.28. The van der Waals surface area contributed by atoms with Crippen LogP contribution in [0.4, 0.5) is 5.82 Å². The van der Waals surface area contributed by atoms with Gasteiger partial charge >= 0.3 is 0 Å². The summed E-state index contributed by atoms with van der Waals surface area (Å²) >= 11 is 5.75. The first-order valence-corrected chi connectivity index (χ1v) is 5.94. The molecule has 0 unspecified atom stereocenters. The lowest BCUT2D eigenvalue weighted by atomic mass is 10.4. The van der Waals surface area contributed by atoms with Gasteiger partial charge in [-0.1, -0.05) is 0 Å². The maximum Gasteiger partial charge on any atom is 0.224 e. The fraction of sp³-hybridized carbons (Fsp3) is 0.636. The van der Waals surface area contributed by atoms with Gasteiger partial charge in [-0.3, -0.25) is 0 Å². The number of aromatic nitrogens is 2. The zero-order valence-corrected chi connectivity index (χ0v) is 10.1. The smallest absolute Gasteiger partial charge is 0.224 e. The minimum atomic E-state index is 0.279. The van der Waals surface area contributed by atoms with E-state index in [1.807, 2.05) is 13.0 Å². The number of anilines is 1. The molecule has 0 aromatic carbocycles. The topological polar surface area (TPSA) is 47.0 Å². The average Bonchev–Trinajstić information content (AvgIpc) is 2.99. The molecule has 0 amide bonds. The molecule has 0 bridgehead atoms. The average molecular weight is 242 g/mol. The molecule has 1 aromatic rings.